The molecule has 0 radical (unpaired) electrons. The third kappa shape index (κ3) is 4.72. The molecule has 2 aromatic carbocycles. The van der Waals surface area contributed by atoms with E-state index in [9.17, 15) is 14.0 Å². The van der Waals surface area contributed by atoms with Gasteiger partial charge in [0.1, 0.15) is 11.6 Å². The van der Waals surface area contributed by atoms with Gasteiger partial charge >= 0.3 is 5.97 Å². The van der Waals surface area contributed by atoms with Crippen LogP contribution in [0.4, 0.5) is 4.39 Å². The fraction of sp³-hybridized carbons (Fsp3) is 0.269. The van der Waals surface area contributed by atoms with E-state index in [4.69, 9.17) is 9.47 Å². The fourth-order valence-corrected chi connectivity index (χ4v) is 4.85. The number of thiazole rings is 1. The molecular formula is C26H25FN2O4S. The van der Waals surface area contributed by atoms with Crippen molar-refractivity contribution in [3.8, 4) is 5.75 Å². The number of ether oxygens (including phenoxy) is 2. The lowest BCUT2D eigenvalue weighted by Gasteiger charge is -2.25. The minimum Gasteiger partial charge on any atom is -0.494 e. The summed E-state index contributed by atoms with van der Waals surface area (Å²) < 4.78 is 26.3. The molecule has 1 aliphatic heterocycles. The normalized spacial score (nSPS) is 15.8. The molecule has 0 aliphatic carbocycles. The highest BCUT2D eigenvalue weighted by Gasteiger charge is 2.33. The maximum atomic E-state index is 13.5. The molecule has 176 valence electrons. The van der Waals surface area contributed by atoms with E-state index in [-0.39, 0.29) is 17.5 Å². The van der Waals surface area contributed by atoms with Gasteiger partial charge in [-0.3, -0.25) is 9.36 Å². The molecule has 0 bridgehead atoms. The van der Waals surface area contributed by atoms with Crippen LogP contribution in [0.15, 0.2) is 69.6 Å². The second-order valence-corrected chi connectivity index (χ2v) is 9.10. The van der Waals surface area contributed by atoms with Crippen LogP contribution in [0.5, 0.6) is 5.75 Å². The van der Waals surface area contributed by atoms with Crippen LogP contribution in [0.3, 0.4) is 0 Å². The summed E-state index contributed by atoms with van der Waals surface area (Å²) in [4.78, 5) is 31.7. The van der Waals surface area contributed by atoms with Gasteiger partial charge in [-0.15, -0.1) is 0 Å². The van der Waals surface area contributed by atoms with Gasteiger partial charge in [0.2, 0.25) is 0 Å². The monoisotopic (exact) mass is 480 g/mol. The van der Waals surface area contributed by atoms with Gasteiger partial charge < -0.3 is 9.47 Å². The van der Waals surface area contributed by atoms with Crippen molar-refractivity contribution in [2.24, 2.45) is 4.99 Å². The summed E-state index contributed by atoms with van der Waals surface area (Å²) in [5.74, 6) is -0.164. The fourth-order valence-electron chi connectivity index (χ4n) is 3.80. The maximum Gasteiger partial charge on any atom is 0.338 e. The van der Waals surface area contributed by atoms with E-state index >= 15 is 0 Å². The first-order valence-electron chi connectivity index (χ1n) is 11.0. The molecule has 0 unspecified atom stereocenters. The summed E-state index contributed by atoms with van der Waals surface area (Å²) in [5.41, 5.74) is 1.97. The first kappa shape index (κ1) is 23.6. The Hall–Kier alpha value is -3.52. The zero-order valence-electron chi connectivity index (χ0n) is 19.4. The Morgan fingerprint density at radius 1 is 1.18 bits per heavy atom. The maximum absolute atomic E-state index is 13.5. The van der Waals surface area contributed by atoms with Crippen LogP contribution in [-0.2, 0) is 9.53 Å². The molecule has 4 rings (SSSR count). The highest BCUT2D eigenvalue weighted by molar-refractivity contribution is 7.07. The van der Waals surface area contributed by atoms with Crippen LogP contribution >= 0.6 is 11.3 Å². The Kier molecular flexibility index (Phi) is 6.79. The standard InChI is InChI=1S/C26H25FN2O4S/c1-5-32-20-12-8-18(9-13-20)23-22(25(31)33-15(2)3)16(4)28-26-29(23)24(30)21(34-26)14-17-6-10-19(27)11-7-17/h6-15,23H,5H2,1-4H3/b21-14+/t23-/m1/s1. The molecule has 34 heavy (non-hydrogen) atoms. The van der Waals surface area contributed by atoms with E-state index in [2.05, 4.69) is 4.99 Å². The lowest BCUT2D eigenvalue weighted by Crippen LogP contribution is -2.40. The van der Waals surface area contributed by atoms with Crippen LogP contribution in [0.1, 0.15) is 44.9 Å². The molecule has 0 saturated heterocycles. The lowest BCUT2D eigenvalue weighted by atomic mass is 9.96. The molecule has 1 aliphatic rings. The van der Waals surface area contributed by atoms with E-state index in [0.717, 1.165) is 5.56 Å². The molecule has 2 heterocycles. The van der Waals surface area contributed by atoms with Crippen molar-refractivity contribution in [3.05, 3.63) is 96.4 Å². The number of carbonyl (C=O) groups excluding carboxylic acids is 1. The number of rotatable bonds is 6. The quantitative estimate of drug-likeness (QED) is 0.504. The average molecular weight is 481 g/mol. The molecule has 1 atom stereocenters. The first-order chi connectivity index (χ1) is 16.3. The van der Waals surface area contributed by atoms with Gasteiger partial charge in [-0.25, -0.2) is 14.2 Å². The minimum absolute atomic E-state index is 0.283. The Labute approximate surface area is 200 Å². The number of allylic oxidation sites excluding steroid dienone is 1. The Balaban J connectivity index is 1.90. The third-order valence-corrected chi connectivity index (χ3v) is 6.24. The largest absolute Gasteiger partial charge is 0.494 e. The van der Waals surface area contributed by atoms with Crippen LogP contribution in [0, 0.1) is 5.82 Å². The predicted molar refractivity (Wildman–Crippen MR) is 129 cm³/mol. The molecule has 0 spiro atoms. The van der Waals surface area contributed by atoms with Crippen molar-refractivity contribution < 1.29 is 18.7 Å². The Morgan fingerprint density at radius 3 is 2.47 bits per heavy atom. The van der Waals surface area contributed by atoms with Gasteiger partial charge in [-0.05, 0) is 69.2 Å². The number of hydrogen-bond donors (Lipinski definition) is 0. The van der Waals surface area contributed by atoms with Gasteiger partial charge in [-0.1, -0.05) is 35.6 Å². The van der Waals surface area contributed by atoms with Crippen molar-refractivity contribution in [2.45, 2.75) is 39.8 Å². The predicted octanol–water partition coefficient (Wildman–Crippen LogP) is 3.72. The molecule has 0 saturated carbocycles. The van der Waals surface area contributed by atoms with Crippen LogP contribution in [0.2, 0.25) is 0 Å². The van der Waals surface area contributed by atoms with E-state index in [1.165, 1.54) is 28.0 Å². The van der Waals surface area contributed by atoms with Crippen molar-refractivity contribution in [3.63, 3.8) is 0 Å². The molecule has 0 fully saturated rings. The summed E-state index contributed by atoms with van der Waals surface area (Å²) >= 11 is 1.23. The van der Waals surface area contributed by atoms with Crippen molar-refractivity contribution in [2.75, 3.05) is 6.61 Å². The van der Waals surface area contributed by atoms with Crippen molar-refractivity contribution >= 4 is 23.4 Å². The number of esters is 1. The number of carbonyl (C=O) groups is 1. The molecular weight excluding hydrogens is 455 g/mol. The number of nitrogens with zero attached hydrogens (tertiary/aromatic N) is 2. The van der Waals surface area contributed by atoms with Gasteiger partial charge in [0.15, 0.2) is 4.80 Å². The SMILES string of the molecule is CCOc1ccc([C@@H]2C(C(=O)OC(C)C)=C(C)N=c3s/c(=C/c4ccc(F)cc4)c(=O)n32)cc1. The van der Waals surface area contributed by atoms with Crippen LogP contribution < -0.4 is 19.6 Å². The van der Waals surface area contributed by atoms with Crippen molar-refractivity contribution in [1.29, 1.82) is 0 Å². The van der Waals surface area contributed by atoms with Crippen LogP contribution in [-0.4, -0.2) is 23.2 Å². The average Bonchev–Trinajstić information content (AvgIpc) is 3.09. The molecule has 8 heteroatoms. The Bertz CT molecular complexity index is 1420. The summed E-state index contributed by atoms with van der Waals surface area (Å²) in [5, 5.41) is 0. The number of hydrogen-bond acceptors (Lipinski definition) is 6. The number of fused-ring (bicyclic) bond motifs is 1. The summed E-state index contributed by atoms with van der Waals surface area (Å²) in [6.45, 7) is 7.73. The molecule has 0 amide bonds. The highest BCUT2D eigenvalue weighted by Crippen LogP contribution is 2.31. The topological polar surface area (TPSA) is 69.9 Å². The zero-order chi connectivity index (χ0) is 24.4. The first-order valence-corrected chi connectivity index (χ1v) is 11.8. The smallest absolute Gasteiger partial charge is 0.338 e. The number of aromatic nitrogens is 1. The van der Waals surface area contributed by atoms with Crippen molar-refractivity contribution in [1.82, 2.24) is 4.57 Å². The highest BCUT2D eigenvalue weighted by atomic mass is 32.1. The van der Waals surface area contributed by atoms with Gasteiger partial charge in [0.25, 0.3) is 5.56 Å². The van der Waals surface area contributed by atoms with E-state index in [1.807, 2.05) is 31.2 Å². The van der Waals surface area contributed by atoms with Gasteiger partial charge in [0.05, 0.1) is 34.6 Å². The summed E-state index contributed by atoms with van der Waals surface area (Å²) in [6.07, 6.45) is 1.38. The van der Waals surface area contributed by atoms with Gasteiger partial charge in [0, 0.05) is 0 Å². The van der Waals surface area contributed by atoms with E-state index in [0.29, 0.717) is 38.5 Å². The second-order valence-electron chi connectivity index (χ2n) is 8.09. The van der Waals surface area contributed by atoms with E-state index in [1.54, 1.807) is 39.0 Å². The van der Waals surface area contributed by atoms with Crippen LogP contribution in [0.25, 0.3) is 6.08 Å². The molecule has 6 nitrogen and oxygen atoms in total. The molecule has 0 N–H and O–H groups in total. The second kappa shape index (κ2) is 9.77. The Morgan fingerprint density at radius 2 is 1.85 bits per heavy atom. The summed E-state index contributed by atoms with van der Waals surface area (Å²) in [7, 11) is 0. The number of benzene rings is 2. The third-order valence-electron chi connectivity index (χ3n) is 5.26. The lowest BCUT2D eigenvalue weighted by molar-refractivity contribution is -0.143. The minimum atomic E-state index is -0.700. The summed E-state index contributed by atoms with van der Waals surface area (Å²) in [6, 6.07) is 12.5. The molecule has 1 aromatic heterocycles. The number of halogens is 1. The van der Waals surface area contributed by atoms with Gasteiger partial charge in [-0.2, -0.15) is 0 Å². The zero-order valence-corrected chi connectivity index (χ0v) is 20.2. The van der Waals surface area contributed by atoms with E-state index < -0.39 is 12.0 Å². The molecule has 3 aromatic rings.